The first-order valence-corrected chi connectivity index (χ1v) is 8.23. The normalized spacial score (nSPS) is 11.2. The van der Waals surface area contributed by atoms with Crippen LogP contribution < -0.4 is 10.2 Å². The van der Waals surface area contributed by atoms with Crippen LogP contribution in [0.5, 0.6) is 5.88 Å². The molecule has 0 saturated heterocycles. The van der Waals surface area contributed by atoms with Crippen LogP contribution in [0.15, 0.2) is 54.2 Å². The number of halogens is 1. The maximum atomic E-state index is 5.77. The second kappa shape index (κ2) is 7.34. The number of fused-ring (bicyclic) bond motifs is 1. The van der Waals surface area contributed by atoms with Crippen molar-refractivity contribution < 1.29 is 4.74 Å². The van der Waals surface area contributed by atoms with Crippen molar-refractivity contribution in [2.24, 2.45) is 5.10 Å². The van der Waals surface area contributed by atoms with Crippen LogP contribution in [-0.2, 0) is 0 Å². The first kappa shape index (κ1) is 16.9. The summed E-state index contributed by atoms with van der Waals surface area (Å²) >= 11 is 5.77. The highest BCUT2D eigenvalue weighted by Crippen LogP contribution is 2.21. The second-order valence-electron chi connectivity index (χ2n) is 5.34. The van der Waals surface area contributed by atoms with E-state index in [0.29, 0.717) is 33.7 Å². The SMILES string of the molecule is COc1cccc(-n2ncc3c(N/N=C/c4ccc(Cl)nc4)ncnc32)n1. The van der Waals surface area contributed by atoms with Gasteiger partial charge in [-0.1, -0.05) is 17.7 Å². The first-order valence-electron chi connectivity index (χ1n) is 7.85. The van der Waals surface area contributed by atoms with Crippen LogP contribution in [0.4, 0.5) is 5.82 Å². The molecule has 4 aromatic rings. The van der Waals surface area contributed by atoms with Gasteiger partial charge in [0.25, 0.3) is 0 Å². The van der Waals surface area contributed by atoms with Gasteiger partial charge in [-0.2, -0.15) is 19.9 Å². The van der Waals surface area contributed by atoms with E-state index in [1.807, 2.05) is 18.2 Å². The van der Waals surface area contributed by atoms with Crippen LogP contribution in [0.25, 0.3) is 16.9 Å². The van der Waals surface area contributed by atoms with Crippen LogP contribution >= 0.6 is 11.6 Å². The molecule has 0 aromatic carbocycles. The number of hydrogen-bond acceptors (Lipinski definition) is 8. The van der Waals surface area contributed by atoms with Crippen LogP contribution in [0.3, 0.4) is 0 Å². The molecule has 0 fully saturated rings. The van der Waals surface area contributed by atoms with Gasteiger partial charge in [0.15, 0.2) is 17.3 Å². The van der Waals surface area contributed by atoms with Crippen LogP contribution in [0.1, 0.15) is 5.56 Å². The van der Waals surface area contributed by atoms with E-state index in [0.717, 1.165) is 5.56 Å². The Balaban J connectivity index is 1.63. The Bertz CT molecular complexity index is 1110. The minimum atomic E-state index is 0.427. The predicted octanol–water partition coefficient (Wildman–Crippen LogP) is 2.71. The van der Waals surface area contributed by atoms with Gasteiger partial charge in [-0.25, -0.2) is 15.0 Å². The largest absolute Gasteiger partial charge is 0.481 e. The van der Waals surface area contributed by atoms with Crippen LogP contribution in [0.2, 0.25) is 5.15 Å². The number of aromatic nitrogens is 6. The van der Waals surface area contributed by atoms with Crippen molar-refractivity contribution in [3.8, 4) is 11.7 Å². The molecular weight excluding hydrogens is 368 g/mol. The summed E-state index contributed by atoms with van der Waals surface area (Å²) in [5.74, 6) is 1.60. The van der Waals surface area contributed by atoms with Crippen molar-refractivity contribution in [3.05, 3.63) is 59.8 Å². The third-order valence-corrected chi connectivity index (χ3v) is 3.86. The fraction of sp³-hybridized carbons (Fsp3) is 0.0588. The number of pyridine rings is 2. The molecule has 0 aliphatic rings. The Kier molecular flexibility index (Phi) is 4.58. The van der Waals surface area contributed by atoms with Gasteiger partial charge >= 0.3 is 0 Å². The number of anilines is 1. The average molecular weight is 381 g/mol. The lowest BCUT2D eigenvalue weighted by Gasteiger charge is -2.05. The van der Waals surface area contributed by atoms with Crippen molar-refractivity contribution in [1.82, 2.24) is 29.7 Å². The molecule has 0 atom stereocenters. The van der Waals surface area contributed by atoms with E-state index in [9.17, 15) is 0 Å². The number of methoxy groups -OCH3 is 1. The molecule has 0 amide bonds. The number of hydrogen-bond donors (Lipinski definition) is 1. The Morgan fingerprint density at radius 1 is 1.15 bits per heavy atom. The maximum Gasteiger partial charge on any atom is 0.214 e. The number of hydrazone groups is 1. The third-order valence-electron chi connectivity index (χ3n) is 3.64. The third kappa shape index (κ3) is 3.53. The van der Waals surface area contributed by atoms with Gasteiger partial charge in [0, 0.05) is 17.8 Å². The van der Waals surface area contributed by atoms with Gasteiger partial charge in [-0.15, -0.1) is 0 Å². The monoisotopic (exact) mass is 380 g/mol. The molecule has 9 nitrogen and oxygen atoms in total. The number of ether oxygens (including phenoxy) is 1. The molecule has 134 valence electrons. The fourth-order valence-corrected chi connectivity index (χ4v) is 2.48. The van der Waals surface area contributed by atoms with E-state index in [2.05, 4.69) is 35.6 Å². The highest BCUT2D eigenvalue weighted by molar-refractivity contribution is 6.29. The molecule has 0 bridgehead atoms. The number of rotatable bonds is 5. The van der Waals surface area contributed by atoms with Gasteiger partial charge in [0.05, 0.1) is 24.9 Å². The Morgan fingerprint density at radius 3 is 2.89 bits per heavy atom. The smallest absolute Gasteiger partial charge is 0.214 e. The predicted molar refractivity (Wildman–Crippen MR) is 101 cm³/mol. The highest BCUT2D eigenvalue weighted by Gasteiger charge is 2.12. The average Bonchev–Trinajstić information content (AvgIpc) is 3.14. The molecular formula is C17H13ClN8O. The van der Waals surface area contributed by atoms with E-state index in [1.165, 1.54) is 6.33 Å². The molecule has 27 heavy (non-hydrogen) atoms. The molecule has 0 saturated carbocycles. The quantitative estimate of drug-likeness (QED) is 0.322. The molecule has 4 rings (SSSR count). The molecule has 0 unspecified atom stereocenters. The zero-order valence-electron chi connectivity index (χ0n) is 14.1. The van der Waals surface area contributed by atoms with Gasteiger partial charge in [-0.3, -0.25) is 5.43 Å². The van der Waals surface area contributed by atoms with Gasteiger partial charge in [0.2, 0.25) is 5.88 Å². The van der Waals surface area contributed by atoms with Gasteiger partial charge in [-0.05, 0) is 18.2 Å². The summed E-state index contributed by atoms with van der Waals surface area (Å²) in [6, 6.07) is 8.91. The van der Waals surface area contributed by atoms with E-state index >= 15 is 0 Å². The molecule has 0 aliphatic heterocycles. The van der Waals surface area contributed by atoms with Crippen molar-refractivity contribution in [2.45, 2.75) is 0 Å². The minimum absolute atomic E-state index is 0.427. The molecule has 0 radical (unpaired) electrons. The Labute approximate surface area is 158 Å². The second-order valence-corrected chi connectivity index (χ2v) is 5.73. The number of nitrogens with zero attached hydrogens (tertiary/aromatic N) is 7. The lowest BCUT2D eigenvalue weighted by molar-refractivity contribution is 0.397. The number of nitrogens with one attached hydrogen (secondary N) is 1. The van der Waals surface area contributed by atoms with Gasteiger partial charge in [0.1, 0.15) is 11.5 Å². The Morgan fingerprint density at radius 2 is 2.07 bits per heavy atom. The summed E-state index contributed by atoms with van der Waals surface area (Å²) in [6.45, 7) is 0. The molecule has 0 spiro atoms. The highest BCUT2D eigenvalue weighted by atomic mass is 35.5. The van der Waals surface area contributed by atoms with E-state index in [4.69, 9.17) is 16.3 Å². The van der Waals surface area contributed by atoms with Gasteiger partial charge < -0.3 is 4.74 Å². The summed E-state index contributed by atoms with van der Waals surface area (Å²) < 4.78 is 6.77. The van der Waals surface area contributed by atoms with Crippen molar-refractivity contribution in [1.29, 1.82) is 0 Å². The van der Waals surface area contributed by atoms with Crippen LogP contribution in [-0.4, -0.2) is 43.0 Å². The molecule has 4 aromatic heterocycles. The van der Waals surface area contributed by atoms with Crippen molar-refractivity contribution in [2.75, 3.05) is 12.5 Å². The van der Waals surface area contributed by atoms with E-state index < -0.39 is 0 Å². The van der Waals surface area contributed by atoms with Crippen LogP contribution in [0, 0.1) is 0 Å². The molecule has 0 aliphatic carbocycles. The van der Waals surface area contributed by atoms with E-state index in [1.54, 1.807) is 42.5 Å². The lowest BCUT2D eigenvalue weighted by atomic mass is 10.3. The molecule has 10 heteroatoms. The van der Waals surface area contributed by atoms with Crippen molar-refractivity contribution >= 4 is 34.7 Å². The molecule has 4 heterocycles. The van der Waals surface area contributed by atoms with E-state index in [-0.39, 0.29) is 0 Å². The van der Waals surface area contributed by atoms with Crippen molar-refractivity contribution in [3.63, 3.8) is 0 Å². The zero-order chi connectivity index (χ0) is 18.6. The maximum absolute atomic E-state index is 5.77. The lowest BCUT2D eigenvalue weighted by Crippen LogP contribution is -2.02. The Hall–Kier alpha value is -3.59. The minimum Gasteiger partial charge on any atom is -0.481 e. The summed E-state index contributed by atoms with van der Waals surface area (Å²) in [6.07, 6.45) is 6.32. The molecule has 1 N–H and O–H groups in total. The first-order chi connectivity index (χ1) is 13.2. The standard InChI is InChI=1S/C17H13ClN8O/c1-27-15-4-2-3-14(24-15)26-17-12(9-23-26)16(20-10-21-17)25-22-8-11-5-6-13(18)19-7-11/h2-10H,1H3,(H,20,21,25)/b22-8+. The summed E-state index contributed by atoms with van der Waals surface area (Å²) in [5.41, 5.74) is 4.29. The fourth-order valence-electron chi connectivity index (χ4n) is 2.37. The summed E-state index contributed by atoms with van der Waals surface area (Å²) in [5, 5.41) is 9.67. The zero-order valence-corrected chi connectivity index (χ0v) is 14.9. The topological polar surface area (TPSA) is 103 Å². The summed E-state index contributed by atoms with van der Waals surface area (Å²) in [4.78, 5) is 16.9. The summed E-state index contributed by atoms with van der Waals surface area (Å²) in [7, 11) is 1.56.